The van der Waals surface area contributed by atoms with Crippen molar-refractivity contribution in [3.63, 3.8) is 0 Å². The normalized spacial score (nSPS) is 12.1. The maximum Gasteiger partial charge on any atom is 0.166 e. The molecule has 0 radical (unpaired) electrons. The van der Waals surface area contributed by atoms with Gasteiger partial charge in [-0.1, -0.05) is 48.5 Å². The van der Waals surface area contributed by atoms with E-state index >= 15 is 0 Å². The molecule has 0 aliphatic heterocycles. The summed E-state index contributed by atoms with van der Waals surface area (Å²) in [4.78, 5) is 10.0. The van der Waals surface area contributed by atoms with Crippen molar-refractivity contribution in [1.82, 2.24) is 0 Å². The van der Waals surface area contributed by atoms with Crippen LogP contribution in [0.1, 0.15) is 5.56 Å². The lowest BCUT2D eigenvalue weighted by Crippen LogP contribution is -2.25. The Kier molecular flexibility index (Phi) is 4.76. The molecule has 1 atom stereocenters. The number of anilines is 1. The van der Waals surface area contributed by atoms with Crippen molar-refractivity contribution >= 4 is 5.69 Å². The van der Waals surface area contributed by atoms with Gasteiger partial charge < -0.3 is 5.32 Å². The molecular weight excluding hydrogens is 226 g/mol. The number of rotatable bonds is 6. The van der Waals surface area contributed by atoms with Crippen LogP contribution in [0.3, 0.4) is 0 Å². The zero-order valence-corrected chi connectivity index (χ0v) is 10.4. The van der Waals surface area contributed by atoms with E-state index in [2.05, 4.69) is 17.4 Å². The summed E-state index contributed by atoms with van der Waals surface area (Å²) in [6, 6.07) is 20.1. The van der Waals surface area contributed by atoms with Crippen LogP contribution in [-0.4, -0.2) is 13.3 Å². The average molecular weight is 243 g/mol. The van der Waals surface area contributed by atoms with Gasteiger partial charge in [0.1, 0.15) is 0 Å². The van der Waals surface area contributed by atoms with E-state index in [1.165, 1.54) is 12.7 Å². The van der Waals surface area contributed by atoms with E-state index in [4.69, 9.17) is 9.78 Å². The van der Waals surface area contributed by atoms with Crippen LogP contribution in [0.2, 0.25) is 0 Å². The molecule has 18 heavy (non-hydrogen) atoms. The summed E-state index contributed by atoms with van der Waals surface area (Å²) in [5.74, 6) is 0. The highest BCUT2D eigenvalue weighted by atomic mass is 17.2. The van der Waals surface area contributed by atoms with Gasteiger partial charge in [0.15, 0.2) is 6.23 Å². The number of benzene rings is 2. The summed E-state index contributed by atoms with van der Waals surface area (Å²) in [5.41, 5.74) is 2.21. The van der Waals surface area contributed by atoms with Gasteiger partial charge >= 0.3 is 0 Å². The Labute approximate surface area is 107 Å². The molecule has 0 aromatic heterocycles. The highest BCUT2D eigenvalue weighted by Crippen LogP contribution is 2.12. The number of hydrogen-bond donors (Lipinski definition) is 1. The predicted molar refractivity (Wildman–Crippen MR) is 72.1 cm³/mol. The first kappa shape index (κ1) is 12.6. The van der Waals surface area contributed by atoms with Gasteiger partial charge in [0.05, 0.1) is 7.11 Å². The van der Waals surface area contributed by atoms with E-state index in [9.17, 15) is 0 Å². The lowest BCUT2D eigenvalue weighted by atomic mass is 10.1. The van der Waals surface area contributed by atoms with Gasteiger partial charge in [0.25, 0.3) is 0 Å². The topological polar surface area (TPSA) is 30.5 Å². The minimum Gasteiger partial charge on any atom is -0.357 e. The maximum atomic E-state index is 5.24. The Hall–Kier alpha value is -1.84. The molecule has 0 saturated heterocycles. The van der Waals surface area contributed by atoms with E-state index in [0.717, 1.165) is 12.1 Å². The fraction of sp³-hybridized carbons (Fsp3) is 0.200. The molecule has 0 spiro atoms. The van der Waals surface area contributed by atoms with Crippen LogP contribution in [0.15, 0.2) is 60.7 Å². The van der Waals surface area contributed by atoms with Crippen molar-refractivity contribution in [3.8, 4) is 0 Å². The Morgan fingerprint density at radius 2 is 1.56 bits per heavy atom. The molecule has 3 nitrogen and oxygen atoms in total. The lowest BCUT2D eigenvalue weighted by molar-refractivity contribution is -0.297. The second-order valence-corrected chi connectivity index (χ2v) is 3.95. The molecule has 3 heteroatoms. The third kappa shape index (κ3) is 3.87. The Morgan fingerprint density at radius 3 is 2.17 bits per heavy atom. The van der Waals surface area contributed by atoms with Crippen molar-refractivity contribution in [2.75, 3.05) is 12.4 Å². The van der Waals surface area contributed by atoms with Crippen molar-refractivity contribution in [3.05, 3.63) is 66.2 Å². The van der Waals surface area contributed by atoms with E-state index in [1.807, 2.05) is 48.5 Å². The van der Waals surface area contributed by atoms with Crippen molar-refractivity contribution in [2.24, 2.45) is 0 Å². The van der Waals surface area contributed by atoms with Crippen molar-refractivity contribution < 1.29 is 9.78 Å². The summed E-state index contributed by atoms with van der Waals surface area (Å²) in [6.45, 7) is 0. The van der Waals surface area contributed by atoms with Crippen LogP contribution in [0.25, 0.3) is 0 Å². The number of para-hydroxylation sites is 1. The minimum absolute atomic E-state index is 0.209. The molecule has 1 N–H and O–H groups in total. The van der Waals surface area contributed by atoms with Gasteiger partial charge in [-0.3, -0.25) is 0 Å². The molecule has 0 aliphatic carbocycles. The summed E-state index contributed by atoms with van der Waals surface area (Å²) >= 11 is 0. The molecule has 0 aliphatic rings. The zero-order chi connectivity index (χ0) is 12.6. The Morgan fingerprint density at radius 1 is 0.944 bits per heavy atom. The maximum absolute atomic E-state index is 5.24. The summed E-state index contributed by atoms with van der Waals surface area (Å²) < 4.78 is 0. The van der Waals surface area contributed by atoms with E-state index in [0.29, 0.717) is 0 Å². The monoisotopic (exact) mass is 243 g/mol. The molecule has 0 bridgehead atoms. The molecular formula is C15H17NO2. The molecule has 0 saturated carbocycles. The highest BCUT2D eigenvalue weighted by Gasteiger charge is 2.10. The first-order valence-electron chi connectivity index (χ1n) is 5.93. The van der Waals surface area contributed by atoms with Crippen molar-refractivity contribution in [2.45, 2.75) is 12.6 Å². The third-order valence-electron chi connectivity index (χ3n) is 2.58. The average Bonchev–Trinajstić information content (AvgIpc) is 2.41. The second-order valence-electron chi connectivity index (χ2n) is 3.95. The Bertz CT molecular complexity index is 403. The standard InChI is InChI=1S/C15H17NO2/c1-17-18-15(12-13-8-4-2-5-9-13)16-14-10-6-3-7-11-14/h2-11,15-16H,12H2,1H3. The van der Waals surface area contributed by atoms with Crippen LogP contribution >= 0.6 is 0 Å². The van der Waals surface area contributed by atoms with Gasteiger partial charge in [-0.25, -0.2) is 9.78 Å². The smallest absolute Gasteiger partial charge is 0.166 e. The number of nitrogens with one attached hydrogen (secondary N) is 1. The van der Waals surface area contributed by atoms with Gasteiger partial charge in [-0.2, -0.15) is 0 Å². The molecule has 2 aromatic carbocycles. The molecule has 0 fully saturated rings. The third-order valence-corrected chi connectivity index (χ3v) is 2.58. The quantitative estimate of drug-likeness (QED) is 0.480. The summed E-state index contributed by atoms with van der Waals surface area (Å²) in [5, 5.41) is 3.28. The number of hydrogen-bond acceptors (Lipinski definition) is 3. The molecule has 94 valence electrons. The minimum atomic E-state index is -0.209. The second kappa shape index (κ2) is 6.79. The summed E-state index contributed by atoms with van der Waals surface area (Å²) in [6.07, 6.45) is 0.531. The van der Waals surface area contributed by atoms with Crippen LogP contribution < -0.4 is 5.32 Å². The predicted octanol–water partition coefficient (Wildman–Crippen LogP) is 3.25. The molecule has 2 rings (SSSR count). The first-order valence-corrected chi connectivity index (χ1v) is 5.93. The summed E-state index contributed by atoms with van der Waals surface area (Å²) in [7, 11) is 1.52. The fourth-order valence-electron chi connectivity index (χ4n) is 1.77. The van der Waals surface area contributed by atoms with Crippen molar-refractivity contribution in [1.29, 1.82) is 0 Å². The largest absolute Gasteiger partial charge is 0.357 e. The SMILES string of the molecule is COOC(Cc1ccccc1)Nc1ccccc1. The molecule has 1 unspecified atom stereocenters. The van der Waals surface area contributed by atoms with Gasteiger partial charge in [0.2, 0.25) is 0 Å². The Balaban J connectivity index is 2.00. The molecule has 2 aromatic rings. The highest BCUT2D eigenvalue weighted by molar-refractivity contribution is 5.43. The molecule has 0 amide bonds. The van der Waals surface area contributed by atoms with Crippen LogP contribution in [0, 0.1) is 0 Å². The van der Waals surface area contributed by atoms with Gasteiger partial charge in [-0.05, 0) is 17.7 Å². The lowest BCUT2D eigenvalue weighted by Gasteiger charge is -2.18. The van der Waals surface area contributed by atoms with E-state index in [1.54, 1.807) is 0 Å². The van der Waals surface area contributed by atoms with Crippen LogP contribution in [0.4, 0.5) is 5.69 Å². The van der Waals surface area contributed by atoms with Crippen LogP contribution in [-0.2, 0) is 16.2 Å². The van der Waals surface area contributed by atoms with Crippen LogP contribution in [0.5, 0.6) is 0 Å². The van der Waals surface area contributed by atoms with E-state index < -0.39 is 0 Å². The first-order chi connectivity index (χ1) is 8.88. The zero-order valence-electron chi connectivity index (χ0n) is 10.4. The molecule has 0 heterocycles. The van der Waals surface area contributed by atoms with E-state index in [-0.39, 0.29) is 6.23 Å². The van der Waals surface area contributed by atoms with Gasteiger partial charge in [-0.15, -0.1) is 0 Å². The van der Waals surface area contributed by atoms with Gasteiger partial charge in [0, 0.05) is 12.1 Å². The fourth-order valence-corrected chi connectivity index (χ4v) is 1.77.